The average molecular weight is 299 g/mol. The number of thioether (sulfide) groups is 1. The standard InChI is InChI=1S/C12H11ClN2OS2/c1-2-11-14-12(18-15-11)17-7-10(16)8-5-3-4-6-9(8)13/h3-6H,2,7H2,1H3. The first-order chi connectivity index (χ1) is 8.70. The Balaban J connectivity index is 1.98. The lowest BCUT2D eigenvalue weighted by molar-refractivity contribution is 0.102. The normalized spacial score (nSPS) is 10.6. The van der Waals surface area contributed by atoms with E-state index in [1.54, 1.807) is 12.1 Å². The number of carbonyl (C=O) groups excluding carboxylic acids is 1. The SMILES string of the molecule is CCc1nsc(SCC(=O)c2ccccc2Cl)n1. The van der Waals surface area contributed by atoms with Crippen molar-refractivity contribution < 1.29 is 4.79 Å². The number of aromatic nitrogens is 2. The quantitative estimate of drug-likeness (QED) is 0.623. The highest BCUT2D eigenvalue weighted by atomic mass is 35.5. The van der Waals surface area contributed by atoms with Gasteiger partial charge in [-0.25, -0.2) is 4.98 Å². The number of ketones is 1. The van der Waals surface area contributed by atoms with Gasteiger partial charge >= 0.3 is 0 Å². The molecule has 0 saturated carbocycles. The molecule has 94 valence electrons. The van der Waals surface area contributed by atoms with Crippen LogP contribution in [0.1, 0.15) is 23.1 Å². The molecule has 0 bridgehead atoms. The van der Waals surface area contributed by atoms with Gasteiger partial charge in [-0.1, -0.05) is 42.4 Å². The number of halogens is 1. The first kappa shape index (κ1) is 13.5. The van der Waals surface area contributed by atoms with Gasteiger partial charge in [-0.05, 0) is 23.7 Å². The molecule has 1 heterocycles. The Kier molecular flexibility index (Phi) is 4.74. The van der Waals surface area contributed by atoms with E-state index in [-0.39, 0.29) is 5.78 Å². The summed E-state index contributed by atoms with van der Waals surface area (Å²) >= 11 is 8.71. The highest BCUT2D eigenvalue weighted by Gasteiger charge is 2.11. The van der Waals surface area contributed by atoms with Gasteiger partial charge in [0.1, 0.15) is 5.82 Å². The first-order valence-corrected chi connectivity index (χ1v) is 7.57. The maximum absolute atomic E-state index is 12.0. The number of benzene rings is 1. The van der Waals surface area contributed by atoms with E-state index in [1.807, 2.05) is 19.1 Å². The van der Waals surface area contributed by atoms with Crippen molar-refractivity contribution in [3.8, 4) is 0 Å². The second-order valence-corrected chi connectivity index (χ2v) is 5.90. The minimum absolute atomic E-state index is 0.0128. The van der Waals surface area contributed by atoms with Crippen molar-refractivity contribution in [2.75, 3.05) is 5.75 Å². The van der Waals surface area contributed by atoms with Crippen LogP contribution in [-0.4, -0.2) is 20.9 Å². The Morgan fingerprint density at radius 3 is 2.89 bits per heavy atom. The Hall–Kier alpha value is -0.910. The van der Waals surface area contributed by atoms with Gasteiger partial charge < -0.3 is 0 Å². The lowest BCUT2D eigenvalue weighted by atomic mass is 10.1. The molecule has 0 saturated heterocycles. The summed E-state index contributed by atoms with van der Waals surface area (Å²) < 4.78 is 5.00. The summed E-state index contributed by atoms with van der Waals surface area (Å²) in [6.45, 7) is 2.01. The van der Waals surface area contributed by atoms with Crippen LogP contribution in [-0.2, 0) is 6.42 Å². The van der Waals surface area contributed by atoms with Crippen molar-refractivity contribution in [1.29, 1.82) is 0 Å². The number of rotatable bonds is 5. The van der Waals surface area contributed by atoms with Crippen LogP contribution in [0.5, 0.6) is 0 Å². The summed E-state index contributed by atoms with van der Waals surface area (Å²) in [4.78, 5) is 16.3. The van der Waals surface area contributed by atoms with Crippen molar-refractivity contribution in [3.63, 3.8) is 0 Å². The van der Waals surface area contributed by atoms with E-state index >= 15 is 0 Å². The average Bonchev–Trinajstić information content (AvgIpc) is 2.84. The molecule has 1 aromatic carbocycles. The number of hydrogen-bond donors (Lipinski definition) is 0. The molecule has 0 fully saturated rings. The highest BCUT2D eigenvalue weighted by molar-refractivity contribution is 8.01. The van der Waals surface area contributed by atoms with Gasteiger partial charge in [0.25, 0.3) is 0 Å². The second kappa shape index (κ2) is 6.31. The van der Waals surface area contributed by atoms with Crippen LogP contribution in [0.2, 0.25) is 5.02 Å². The fraction of sp³-hybridized carbons (Fsp3) is 0.250. The molecule has 0 N–H and O–H groups in total. The smallest absolute Gasteiger partial charge is 0.174 e. The molecule has 18 heavy (non-hydrogen) atoms. The summed E-state index contributed by atoms with van der Waals surface area (Å²) in [6, 6.07) is 7.08. The topological polar surface area (TPSA) is 42.9 Å². The summed E-state index contributed by atoms with van der Waals surface area (Å²) in [6.07, 6.45) is 0.815. The summed E-state index contributed by atoms with van der Waals surface area (Å²) in [5.41, 5.74) is 0.562. The third-order valence-corrected chi connectivity index (χ3v) is 4.47. The zero-order valence-corrected chi connectivity index (χ0v) is 12.1. The molecule has 0 unspecified atom stereocenters. The third-order valence-electron chi connectivity index (χ3n) is 2.27. The molecular formula is C12H11ClN2OS2. The van der Waals surface area contributed by atoms with E-state index in [0.29, 0.717) is 16.3 Å². The van der Waals surface area contributed by atoms with Crippen LogP contribution in [0, 0.1) is 0 Å². The number of Topliss-reactive ketones (excluding diaryl/α,β-unsaturated/α-hetero) is 1. The Morgan fingerprint density at radius 2 is 2.22 bits per heavy atom. The summed E-state index contributed by atoms with van der Waals surface area (Å²) in [5.74, 6) is 1.17. The minimum Gasteiger partial charge on any atom is -0.293 e. The first-order valence-electron chi connectivity index (χ1n) is 5.43. The molecular weight excluding hydrogens is 288 g/mol. The number of nitrogens with zero attached hydrogens (tertiary/aromatic N) is 2. The largest absolute Gasteiger partial charge is 0.293 e. The molecule has 3 nitrogen and oxygen atoms in total. The fourth-order valence-corrected chi connectivity index (χ4v) is 3.15. The summed E-state index contributed by atoms with van der Waals surface area (Å²) in [5, 5.41) is 0.495. The Morgan fingerprint density at radius 1 is 1.44 bits per heavy atom. The maximum Gasteiger partial charge on any atom is 0.174 e. The van der Waals surface area contributed by atoms with Crippen molar-refractivity contribution >= 4 is 40.7 Å². The van der Waals surface area contributed by atoms with E-state index in [0.717, 1.165) is 16.6 Å². The molecule has 0 amide bonds. The van der Waals surface area contributed by atoms with Crippen molar-refractivity contribution in [1.82, 2.24) is 9.36 Å². The minimum atomic E-state index is 0.0128. The van der Waals surface area contributed by atoms with E-state index in [2.05, 4.69) is 9.36 Å². The molecule has 0 aliphatic carbocycles. The predicted octanol–water partition coefficient (Wildman–Crippen LogP) is 3.73. The van der Waals surface area contributed by atoms with Crippen LogP contribution in [0.25, 0.3) is 0 Å². The van der Waals surface area contributed by atoms with E-state index in [4.69, 9.17) is 11.6 Å². The zero-order chi connectivity index (χ0) is 13.0. The van der Waals surface area contributed by atoms with Crippen molar-refractivity contribution in [3.05, 3.63) is 40.7 Å². The Labute approximate surface area is 119 Å². The predicted molar refractivity (Wildman–Crippen MR) is 75.8 cm³/mol. The zero-order valence-electron chi connectivity index (χ0n) is 9.72. The molecule has 2 rings (SSSR count). The van der Waals surface area contributed by atoms with E-state index in [1.165, 1.54) is 23.3 Å². The fourth-order valence-electron chi connectivity index (χ4n) is 1.33. The summed E-state index contributed by atoms with van der Waals surface area (Å²) in [7, 11) is 0. The van der Waals surface area contributed by atoms with Gasteiger partial charge in [0.05, 0.1) is 10.8 Å². The lowest BCUT2D eigenvalue weighted by Crippen LogP contribution is -2.02. The van der Waals surface area contributed by atoms with Crippen LogP contribution in [0.3, 0.4) is 0 Å². The van der Waals surface area contributed by atoms with Crippen LogP contribution >= 0.6 is 34.9 Å². The maximum atomic E-state index is 12.0. The molecule has 0 aliphatic rings. The van der Waals surface area contributed by atoms with Gasteiger partial charge in [-0.3, -0.25) is 4.79 Å². The molecule has 2 aromatic rings. The molecule has 0 spiro atoms. The van der Waals surface area contributed by atoms with Crippen LogP contribution in [0.15, 0.2) is 28.6 Å². The lowest BCUT2D eigenvalue weighted by Gasteiger charge is -2.01. The number of carbonyl (C=O) groups is 1. The van der Waals surface area contributed by atoms with Gasteiger partial charge in [0.15, 0.2) is 10.1 Å². The van der Waals surface area contributed by atoms with Gasteiger partial charge in [-0.2, -0.15) is 4.37 Å². The van der Waals surface area contributed by atoms with Gasteiger partial charge in [0.2, 0.25) is 0 Å². The molecule has 0 atom stereocenters. The number of aryl methyl sites for hydroxylation is 1. The van der Waals surface area contributed by atoms with E-state index in [9.17, 15) is 4.79 Å². The Bertz CT molecular complexity index is 557. The van der Waals surface area contributed by atoms with Gasteiger partial charge in [-0.15, -0.1) is 0 Å². The monoisotopic (exact) mass is 298 g/mol. The molecule has 0 aliphatic heterocycles. The van der Waals surface area contributed by atoms with E-state index < -0.39 is 0 Å². The number of hydrogen-bond acceptors (Lipinski definition) is 5. The highest BCUT2D eigenvalue weighted by Crippen LogP contribution is 2.23. The third kappa shape index (κ3) is 3.31. The van der Waals surface area contributed by atoms with Gasteiger partial charge in [0, 0.05) is 12.0 Å². The van der Waals surface area contributed by atoms with Crippen molar-refractivity contribution in [2.24, 2.45) is 0 Å². The molecule has 0 radical (unpaired) electrons. The van der Waals surface area contributed by atoms with Crippen molar-refractivity contribution in [2.45, 2.75) is 17.7 Å². The molecule has 1 aromatic heterocycles. The van der Waals surface area contributed by atoms with Crippen LogP contribution in [0.4, 0.5) is 0 Å². The molecule has 6 heteroatoms. The second-order valence-electron chi connectivity index (χ2n) is 3.52. The van der Waals surface area contributed by atoms with Crippen LogP contribution < -0.4 is 0 Å².